The molecule has 0 bridgehead atoms. The number of benzene rings is 1. The zero-order valence-corrected chi connectivity index (χ0v) is 12.6. The van der Waals surface area contributed by atoms with Crippen LogP contribution in [0.25, 0.3) is 0 Å². The highest BCUT2D eigenvalue weighted by molar-refractivity contribution is 5.93. The fourth-order valence-electron chi connectivity index (χ4n) is 2.03. The number of hydrogen-bond acceptors (Lipinski definition) is 4. The summed E-state index contributed by atoms with van der Waals surface area (Å²) in [5, 5.41) is 14.8. The lowest BCUT2D eigenvalue weighted by molar-refractivity contribution is -0.145. The predicted octanol–water partition coefficient (Wildman–Crippen LogP) is 1.87. The first kappa shape index (κ1) is 17.0. The van der Waals surface area contributed by atoms with Gasteiger partial charge in [0.25, 0.3) is 0 Å². The molecular weight excluding hydrogens is 272 g/mol. The fraction of sp³-hybridized carbons (Fsp3) is 0.467. The summed E-state index contributed by atoms with van der Waals surface area (Å²) >= 11 is 0. The van der Waals surface area contributed by atoms with Gasteiger partial charge in [0.1, 0.15) is 11.3 Å². The number of carboxylic acid groups (broad SMARTS) is 1. The summed E-state index contributed by atoms with van der Waals surface area (Å²) in [7, 11) is 1.55. The van der Waals surface area contributed by atoms with Crippen LogP contribution in [-0.2, 0) is 9.59 Å². The van der Waals surface area contributed by atoms with Crippen LogP contribution in [0.5, 0.6) is 5.75 Å². The van der Waals surface area contributed by atoms with Crippen molar-refractivity contribution in [2.24, 2.45) is 0 Å². The van der Waals surface area contributed by atoms with Gasteiger partial charge in [0.05, 0.1) is 13.7 Å². The zero-order chi connectivity index (χ0) is 15.9. The van der Waals surface area contributed by atoms with Crippen molar-refractivity contribution in [2.45, 2.75) is 32.2 Å². The Morgan fingerprint density at radius 1 is 1.29 bits per heavy atom. The van der Waals surface area contributed by atoms with E-state index in [9.17, 15) is 14.7 Å². The molecule has 0 aromatic heterocycles. The van der Waals surface area contributed by atoms with Crippen LogP contribution in [-0.4, -0.2) is 36.2 Å². The van der Waals surface area contributed by atoms with Crippen molar-refractivity contribution in [3.05, 3.63) is 24.3 Å². The monoisotopic (exact) mass is 294 g/mol. The molecule has 6 heteroatoms. The Kier molecular flexibility index (Phi) is 6.17. The fourth-order valence-corrected chi connectivity index (χ4v) is 2.03. The summed E-state index contributed by atoms with van der Waals surface area (Å²) < 4.78 is 5.07. The molecular formula is C15H22N2O4. The van der Waals surface area contributed by atoms with Crippen LogP contribution < -0.4 is 15.4 Å². The number of nitrogens with one attached hydrogen (secondary N) is 2. The topological polar surface area (TPSA) is 87.7 Å². The highest BCUT2D eigenvalue weighted by Gasteiger charge is 2.34. The molecule has 0 fully saturated rings. The number of anilines is 1. The number of ether oxygens (including phenoxy) is 1. The van der Waals surface area contributed by atoms with Crippen molar-refractivity contribution in [1.29, 1.82) is 0 Å². The van der Waals surface area contributed by atoms with E-state index < -0.39 is 11.5 Å². The minimum absolute atomic E-state index is 0.0643. The van der Waals surface area contributed by atoms with E-state index in [1.165, 1.54) is 0 Å². The molecule has 0 unspecified atom stereocenters. The maximum Gasteiger partial charge on any atom is 0.323 e. The number of aliphatic carboxylic acids is 1. The summed E-state index contributed by atoms with van der Waals surface area (Å²) in [6.45, 7) is 3.50. The molecule has 1 amide bonds. The van der Waals surface area contributed by atoms with Crippen LogP contribution in [0.4, 0.5) is 5.69 Å². The molecule has 1 aromatic carbocycles. The predicted molar refractivity (Wildman–Crippen MR) is 80.6 cm³/mol. The molecule has 0 atom stereocenters. The van der Waals surface area contributed by atoms with Gasteiger partial charge in [0.15, 0.2) is 0 Å². The highest BCUT2D eigenvalue weighted by Crippen LogP contribution is 2.17. The number of carbonyl (C=O) groups is 2. The van der Waals surface area contributed by atoms with Crippen molar-refractivity contribution in [3.8, 4) is 5.75 Å². The lowest BCUT2D eigenvalue weighted by Crippen LogP contribution is -2.53. The first-order valence-electron chi connectivity index (χ1n) is 6.89. The third-order valence-corrected chi connectivity index (χ3v) is 3.56. The minimum atomic E-state index is -1.06. The average molecular weight is 294 g/mol. The van der Waals surface area contributed by atoms with Gasteiger partial charge >= 0.3 is 5.97 Å². The van der Waals surface area contributed by atoms with Crippen molar-refractivity contribution in [3.63, 3.8) is 0 Å². The molecule has 0 spiro atoms. The number of carboxylic acids is 1. The largest absolute Gasteiger partial charge is 0.497 e. The molecule has 0 aliphatic heterocycles. The Morgan fingerprint density at radius 3 is 2.48 bits per heavy atom. The average Bonchev–Trinajstić information content (AvgIpc) is 2.48. The Morgan fingerprint density at radius 2 is 1.95 bits per heavy atom. The summed E-state index contributed by atoms with van der Waals surface area (Å²) in [5.74, 6) is -0.597. The second-order valence-corrected chi connectivity index (χ2v) is 4.73. The van der Waals surface area contributed by atoms with E-state index in [1.54, 1.807) is 45.2 Å². The first-order chi connectivity index (χ1) is 9.97. The lowest BCUT2D eigenvalue weighted by Gasteiger charge is -2.27. The molecule has 0 aliphatic rings. The summed E-state index contributed by atoms with van der Waals surface area (Å²) in [4.78, 5) is 23.2. The van der Waals surface area contributed by atoms with Gasteiger partial charge in [-0.25, -0.2) is 0 Å². The van der Waals surface area contributed by atoms with Gasteiger partial charge in [0, 0.05) is 11.8 Å². The van der Waals surface area contributed by atoms with Gasteiger partial charge in [-0.05, 0) is 25.0 Å². The Labute approximate surface area is 124 Å². The summed E-state index contributed by atoms with van der Waals surface area (Å²) in [6, 6.07) is 6.98. The van der Waals surface area contributed by atoms with E-state index in [0.717, 1.165) is 0 Å². The number of amides is 1. The molecule has 3 N–H and O–H groups in total. The van der Waals surface area contributed by atoms with Crippen LogP contribution in [0.15, 0.2) is 24.3 Å². The van der Waals surface area contributed by atoms with Gasteiger partial charge in [0.2, 0.25) is 5.91 Å². The van der Waals surface area contributed by atoms with E-state index in [2.05, 4.69) is 10.6 Å². The molecule has 0 saturated heterocycles. The van der Waals surface area contributed by atoms with Crippen molar-refractivity contribution in [2.75, 3.05) is 19.0 Å². The van der Waals surface area contributed by atoms with E-state index in [-0.39, 0.29) is 12.5 Å². The standard InChI is InChI=1S/C15H22N2O4/c1-4-15(5-2,14(19)20)16-10-13(18)17-11-7-6-8-12(9-11)21-3/h6-9,16H,4-5,10H2,1-3H3,(H,17,18)(H,19,20). The van der Waals surface area contributed by atoms with E-state index in [4.69, 9.17) is 4.74 Å². The maximum atomic E-state index is 11.9. The number of rotatable bonds is 8. The van der Waals surface area contributed by atoms with Gasteiger partial charge in [-0.15, -0.1) is 0 Å². The van der Waals surface area contributed by atoms with Crippen molar-refractivity contribution < 1.29 is 19.4 Å². The van der Waals surface area contributed by atoms with Gasteiger partial charge in [-0.1, -0.05) is 19.9 Å². The second-order valence-electron chi connectivity index (χ2n) is 4.73. The van der Waals surface area contributed by atoms with Gasteiger partial charge in [-0.2, -0.15) is 0 Å². The molecule has 0 radical (unpaired) electrons. The van der Waals surface area contributed by atoms with Crippen LogP contribution in [0.3, 0.4) is 0 Å². The van der Waals surface area contributed by atoms with Gasteiger partial charge < -0.3 is 15.2 Å². The van der Waals surface area contributed by atoms with Crippen LogP contribution in [0.1, 0.15) is 26.7 Å². The third-order valence-electron chi connectivity index (χ3n) is 3.56. The van der Waals surface area contributed by atoms with E-state index in [1.807, 2.05) is 0 Å². The number of carbonyl (C=O) groups excluding carboxylic acids is 1. The second kappa shape index (κ2) is 7.64. The molecule has 0 heterocycles. The van der Waals surface area contributed by atoms with E-state index >= 15 is 0 Å². The SMILES string of the molecule is CCC(CC)(NCC(=O)Nc1cccc(OC)c1)C(=O)O. The molecule has 0 aliphatic carbocycles. The smallest absolute Gasteiger partial charge is 0.323 e. The molecule has 6 nitrogen and oxygen atoms in total. The number of methoxy groups -OCH3 is 1. The van der Waals surface area contributed by atoms with Crippen molar-refractivity contribution >= 4 is 17.6 Å². The first-order valence-corrected chi connectivity index (χ1v) is 6.89. The molecule has 116 valence electrons. The molecule has 1 rings (SSSR count). The summed E-state index contributed by atoms with van der Waals surface area (Å²) in [6.07, 6.45) is 0.816. The third kappa shape index (κ3) is 4.46. The highest BCUT2D eigenvalue weighted by atomic mass is 16.5. The van der Waals surface area contributed by atoms with Crippen molar-refractivity contribution in [1.82, 2.24) is 5.32 Å². The van der Waals surface area contributed by atoms with Crippen LogP contribution in [0.2, 0.25) is 0 Å². The van der Waals surface area contributed by atoms with E-state index in [0.29, 0.717) is 24.3 Å². The normalized spacial score (nSPS) is 11.0. The Hall–Kier alpha value is -2.08. The maximum absolute atomic E-state index is 11.9. The number of hydrogen-bond donors (Lipinski definition) is 3. The molecule has 1 aromatic rings. The lowest BCUT2D eigenvalue weighted by atomic mass is 9.93. The zero-order valence-electron chi connectivity index (χ0n) is 12.6. The minimum Gasteiger partial charge on any atom is -0.497 e. The quantitative estimate of drug-likeness (QED) is 0.681. The molecule has 21 heavy (non-hydrogen) atoms. The van der Waals surface area contributed by atoms with Crippen LogP contribution in [0, 0.1) is 0 Å². The summed E-state index contributed by atoms with van der Waals surface area (Å²) in [5.41, 5.74) is -0.457. The molecule has 0 saturated carbocycles. The van der Waals surface area contributed by atoms with Gasteiger partial charge in [-0.3, -0.25) is 14.9 Å². The van der Waals surface area contributed by atoms with Crippen LogP contribution >= 0.6 is 0 Å². The Balaban J connectivity index is 2.63. The Bertz CT molecular complexity index is 498.